The van der Waals surface area contributed by atoms with E-state index < -0.39 is 12.1 Å². The molecule has 0 aromatic carbocycles. The predicted octanol–water partition coefficient (Wildman–Crippen LogP) is 1.64. The van der Waals surface area contributed by atoms with Crippen LogP contribution in [-0.2, 0) is 0 Å². The Morgan fingerprint density at radius 3 is 2.73 bits per heavy atom. The number of aliphatic hydroxyl groups is 1. The summed E-state index contributed by atoms with van der Waals surface area (Å²) in [5.41, 5.74) is 0.213. The summed E-state index contributed by atoms with van der Waals surface area (Å²) in [5.74, 6) is -0.969. The number of hydrogen-bond donors (Lipinski definition) is 2. The molecule has 0 aliphatic carbocycles. The summed E-state index contributed by atoms with van der Waals surface area (Å²) in [6, 6.07) is 2.95. The van der Waals surface area contributed by atoms with Gasteiger partial charge < -0.3 is 10.2 Å². The van der Waals surface area contributed by atoms with Gasteiger partial charge in [-0.25, -0.2) is 9.78 Å². The average molecular weight is 227 g/mol. The van der Waals surface area contributed by atoms with Gasteiger partial charge in [0.1, 0.15) is 0 Å². The zero-order chi connectivity index (χ0) is 11.4. The van der Waals surface area contributed by atoms with Gasteiger partial charge in [0, 0.05) is 11.4 Å². The molecule has 2 unspecified atom stereocenters. The van der Waals surface area contributed by atoms with Gasteiger partial charge in [0.2, 0.25) is 0 Å². The molecule has 2 N–H and O–H groups in total. The lowest BCUT2D eigenvalue weighted by Gasteiger charge is -2.13. The number of thioether (sulfide) groups is 1. The summed E-state index contributed by atoms with van der Waals surface area (Å²) in [7, 11) is 0. The molecule has 0 aliphatic heterocycles. The summed E-state index contributed by atoms with van der Waals surface area (Å²) >= 11 is 1.36. The summed E-state index contributed by atoms with van der Waals surface area (Å²) in [6.45, 7) is 3.56. The first-order valence-electron chi connectivity index (χ1n) is 4.54. The van der Waals surface area contributed by atoms with E-state index in [-0.39, 0.29) is 10.8 Å². The van der Waals surface area contributed by atoms with E-state index in [4.69, 9.17) is 5.11 Å². The molecular formula is C10H13NO3S. The van der Waals surface area contributed by atoms with E-state index in [1.807, 2.05) is 6.92 Å². The van der Waals surface area contributed by atoms with Crippen molar-refractivity contribution in [3.8, 4) is 0 Å². The highest BCUT2D eigenvalue weighted by Gasteiger charge is 2.12. The molecule has 0 aliphatic rings. The quantitative estimate of drug-likeness (QED) is 0.765. The first kappa shape index (κ1) is 12.0. The van der Waals surface area contributed by atoms with Gasteiger partial charge in [-0.3, -0.25) is 0 Å². The molecule has 0 saturated carbocycles. The fraction of sp³-hybridized carbons (Fsp3) is 0.400. The average Bonchev–Trinajstić information content (AvgIpc) is 2.18. The SMILES string of the molecule is CC(O)C(C)Sc1cc(C(=O)O)ccn1. The minimum absolute atomic E-state index is 0.0125. The fourth-order valence-corrected chi connectivity index (χ4v) is 1.79. The molecule has 2 atom stereocenters. The smallest absolute Gasteiger partial charge is 0.335 e. The normalized spacial score (nSPS) is 14.6. The van der Waals surface area contributed by atoms with E-state index >= 15 is 0 Å². The number of carboxylic acids is 1. The van der Waals surface area contributed by atoms with Crippen molar-refractivity contribution in [2.75, 3.05) is 0 Å². The standard InChI is InChI=1S/C10H13NO3S/c1-6(12)7(2)15-9-5-8(10(13)14)3-4-11-9/h3-7,12H,1-2H3,(H,13,14). The van der Waals surface area contributed by atoms with Crippen LogP contribution in [0.2, 0.25) is 0 Å². The number of hydrogen-bond acceptors (Lipinski definition) is 4. The van der Waals surface area contributed by atoms with Crippen molar-refractivity contribution >= 4 is 17.7 Å². The Bertz CT molecular complexity index is 354. The molecule has 0 bridgehead atoms. The van der Waals surface area contributed by atoms with E-state index in [9.17, 15) is 9.90 Å². The molecule has 0 fully saturated rings. The first-order chi connectivity index (χ1) is 7.00. The van der Waals surface area contributed by atoms with Crippen LogP contribution in [0.1, 0.15) is 24.2 Å². The number of nitrogens with zero attached hydrogens (tertiary/aromatic N) is 1. The maximum atomic E-state index is 10.7. The van der Waals surface area contributed by atoms with Crippen LogP contribution in [0.25, 0.3) is 0 Å². The van der Waals surface area contributed by atoms with Crippen LogP contribution < -0.4 is 0 Å². The first-order valence-corrected chi connectivity index (χ1v) is 5.42. The van der Waals surface area contributed by atoms with E-state index in [1.54, 1.807) is 6.92 Å². The van der Waals surface area contributed by atoms with Crippen molar-refractivity contribution in [1.82, 2.24) is 4.98 Å². The lowest BCUT2D eigenvalue weighted by Crippen LogP contribution is -2.15. The van der Waals surface area contributed by atoms with Gasteiger partial charge in [-0.05, 0) is 19.1 Å². The molecule has 5 heteroatoms. The van der Waals surface area contributed by atoms with Crippen molar-refractivity contribution in [3.63, 3.8) is 0 Å². The van der Waals surface area contributed by atoms with Crippen molar-refractivity contribution in [2.45, 2.75) is 30.2 Å². The number of aromatic nitrogens is 1. The van der Waals surface area contributed by atoms with Gasteiger partial charge >= 0.3 is 5.97 Å². The van der Waals surface area contributed by atoms with Crippen LogP contribution in [0.3, 0.4) is 0 Å². The molecule has 82 valence electrons. The molecule has 0 spiro atoms. The Kier molecular flexibility index (Phi) is 4.11. The van der Waals surface area contributed by atoms with Gasteiger partial charge in [0.05, 0.1) is 16.7 Å². The van der Waals surface area contributed by atoms with Gasteiger partial charge in [0.25, 0.3) is 0 Å². The highest BCUT2D eigenvalue weighted by atomic mass is 32.2. The van der Waals surface area contributed by atoms with Crippen LogP contribution in [-0.4, -0.2) is 32.5 Å². The number of aliphatic hydroxyl groups excluding tert-OH is 1. The molecule has 1 aromatic heterocycles. The lowest BCUT2D eigenvalue weighted by molar-refractivity contribution is 0.0696. The molecule has 0 saturated heterocycles. The highest BCUT2D eigenvalue weighted by Crippen LogP contribution is 2.23. The van der Waals surface area contributed by atoms with E-state index in [0.717, 1.165) is 0 Å². The highest BCUT2D eigenvalue weighted by molar-refractivity contribution is 7.99. The van der Waals surface area contributed by atoms with E-state index in [1.165, 1.54) is 30.1 Å². The van der Waals surface area contributed by atoms with Crippen LogP contribution in [0.15, 0.2) is 23.4 Å². The molecule has 15 heavy (non-hydrogen) atoms. The number of carboxylic acid groups (broad SMARTS) is 1. The van der Waals surface area contributed by atoms with Crippen LogP contribution >= 0.6 is 11.8 Å². The van der Waals surface area contributed by atoms with Crippen molar-refractivity contribution in [2.24, 2.45) is 0 Å². The number of carbonyl (C=O) groups is 1. The maximum absolute atomic E-state index is 10.7. The number of aromatic carboxylic acids is 1. The summed E-state index contributed by atoms with van der Waals surface area (Å²) in [6.07, 6.45) is 1.01. The molecule has 1 heterocycles. The molecule has 1 aromatic rings. The third-order valence-electron chi connectivity index (χ3n) is 1.97. The summed E-state index contributed by atoms with van der Waals surface area (Å²) in [4.78, 5) is 14.7. The van der Waals surface area contributed by atoms with Crippen LogP contribution in [0.5, 0.6) is 0 Å². The van der Waals surface area contributed by atoms with Crippen molar-refractivity contribution < 1.29 is 15.0 Å². The second-order valence-electron chi connectivity index (χ2n) is 3.25. The Balaban J connectivity index is 2.78. The van der Waals surface area contributed by atoms with Crippen molar-refractivity contribution in [1.29, 1.82) is 0 Å². The lowest BCUT2D eigenvalue weighted by atomic mass is 10.3. The summed E-state index contributed by atoms with van der Waals surface area (Å²) < 4.78 is 0. The molecule has 1 rings (SSSR count). The third-order valence-corrected chi connectivity index (χ3v) is 3.20. The van der Waals surface area contributed by atoms with Crippen LogP contribution in [0.4, 0.5) is 0 Å². The fourth-order valence-electron chi connectivity index (χ4n) is 0.896. The van der Waals surface area contributed by atoms with Gasteiger partial charge in [-0.15, -0.1) is 11.8 Å². The Morgan fingerprint density at radius 2 is 2.20 bits per heavy atom. The number of pyridine rings is 1. The van der Waals surface area contributed by atoms with Crippen molar-refractivity contribution in [3.05, 3.63) is 23.9 Å². The molecular weight excluding hydrogens is 214 g/mol. The second-order valence-corrected chi connectivity index (χ2v) is 4.65. The van der Waals surface area contributed by atoms with Gasteiger partial charge in [-0.1, -0.05) is 6.92 Å². The monoisotopic (exact) mass is 227 g/mol. The minimum atomic E-state index is -0.969. The minimum Gasteiger partial charge on any atom is -0.478 e. The largest absolute Gasteiger partial charge is 0.478 e. The van der Waals surface area contributed by atoms with Gasteiger partial charge in [-0.2, -0.15) is 0 Å². The van der Waals surface area contributed by atoms with Crippen LogP contribution in [0, 0.1) is 0 Å². The van der Waals surface area contributed by atoms with E-state index in [2.05, 4.69) is 4.98 Å². The maximum Gasteiger partial charge on any atom is 0.335 e. The predicted molar refractivity (Wildman–Crippen MR) is 58.2 cm³/mol. The topological polar surface area (TPSA) is 70.4 Å². The number of rotatable bonds is 4. The molecule has 0 amide bonds. The van der Waals surface area contributed by atoms with E-state index in [0.29, 0.717) is 5.03 Å². The third kappa shape index (κ3) is 3.53. The summed E-state index contributed by atoms with van der Waals surface area (Å²) in [5, 5.41) is 18.7. The Hall–Kier alpha value is -1.07. The Labute approximate surface area is 92.3 Å². The zero-order valence-corrected chi connectivity index (χ0v) is 9.36. The van der Waals surface area contributed by atoms with Gasteiger partial charge in [0.15, 0.2) is 0 Å². The molecule has 4 nitrogen and oxygen atoms in total. The molecule has 0 radical (unpaired) electrons. The zero-order valence-electron chi connectivity index (χ0n) is 8.54. The Morgan fingerprint density at radius 1 is 1.53 bits per heavy atom. The second kappa shape index (κ2) is 5.14.